The minimum absolute atomic E-state index is 0.311. The first-order chi connectivity index (χ1) is 8.77. The highest BCUT2D eigenvalue weighted by molar-refractivity contribution is 5.40. The van der Waals surface area contributed by atoms with Crippen LogP contribution in [-0.4, -0.2) is 32.1 Å². The number of hydrogen-bond donors (Lipinski definition) is 0. The fraction of sp³-hybridized carbons (Fsp3) is 0.600. The van der Waals surface area contributed by atoms with E-state index in [0.29, 0.717) is 24.5 Å². The number of nitrogens with zero attached hydrogens (tertiary/aromatic N) is 1. The van der Waals surface area contributed by atoms with Gasteiger partial charge in [-0.3, -0.25) is 0 Å². The molecule has 0 saturated carbocycles. The van der Waals surface area contributed by atoms with Gasteiger partial charge in [0.1, 0.15) is 24.0 Å². The van der Waals surface area contributed by atoms with Crippen molar-refractivity contribution in [2.75, 3.05) is 27.2 Å². The van der Waals surface area contributed by atoms with E-state index in [0.717, 1.165) is 12.5 Å². The number of hydrogen-bond acceptors (Lipinski definition) is 2. The number of benzene rings is 1. The van der Waals surface area contributed by atoms with Crippen LogP contribution >= 0.6 is 0 Å². The molecule has 0 bridgehead atoms. The lowest BCUT2D eigenvalue weighted by atomic mass is 9.81. The Labute approximate surface area is 114 Å². The van der Waals surface area contributed by atoms with Crippen LogP contribution in [0.25, 0.3) is 0 Å². The minimum Gasteiger partial charge on any atom is -0.492 e. The molecule has 2 nitrogen and oxygen atoms in total. The molecule has 0 radical (unpaired) electrons. The van der Waals surface area contributed by atoms with Crippen molar-refractivity contribution >= 4 is 0 Å². The lowest BCUT2D eigenvalue weighted by molar-refractivity contribution is 0.252. The van der Waals surface area contributed by atoms with Crippen LogP contribution in [0.3, 0.4) is 0 Å². The molecule has 0 unspecified atom stereocenters. The monoisotopic (exact) mass is 271 g/mol. The summed E-state index contributed by atoms with van der Waals surface area (Å²) >= 11 is 0. The summed E-state index contributed by atoms with van der Waals surface area (Å²) in [6, 6.07) is 2.19. The van der Waals surface area contributed by atoms with E-state index in [1.807, 2.05) is 39.8 Å². The van der Waals surface area contributed by atoms with Crippen molar-refractivity contribution in [3.8, 4) is 5.75 Å². The molecule has 4 heteroatoms. The van der Waals surface area contributed by atoms with E-state index < -0.39 is 11.6 Å². The predicted octanol–water partition coefficient (Wildman–Crippen LogP) is 3.59. The summed E-state index contributed by atoms with van der Waals surface area (Å²) in [7, 11) is 3.85. The molecule has 0 aliphatic carbocycles. The summed E-state index contributed by atoms with van der Waals surface area (Å²) in [6.07, 6.45) is 0.750. The smallest absolute Gasteiger partial charge is 0.133 e. The quantitative estimate of drug-likeness (QED) is 0.784. The van der Waals surface area contributed by atoms with Gasteiger partial charge in [0.2, 0.25) is 0 Å². The maximum absolute atomic E-state index is 14.0. The Bertz CT molecular complexity index is 430. The number of likely N-dealkylation sites (N-methyl/N-ethyl adjacent to an activating group) is 1. The lowest BCUT2D eigenvalue weighted by Crippen LogP contribution is -2.23. The van der Waals surface area contributed by atoms with E-state index in [1.54, 1.807) is 0 Å². The molecule has 108 valence electrons. The molecule has 0 fully saturated rings. The molecule has 1 rings (SSSR count). The second-order valence-electron chi connectivity index (χ2n) is 5.65. The van der Waals surface area contributed by atoms with Crippen molar-refractivity contribution in [2.45, 2.75) is 32.6 Å². The van der Waals surface area contributed by atoms with Gasteiger partial charge in [0, 0.05) is 24.2 Å². The fourth-order valence-corrected chi connectivity index (χ4v) is 1.84. The maximum atomic E-state index is 14.0. The van der Waals surface area contributed by atoms with Crippen LogP contribution in [0.2, 0.25) is 0 Å². The van der Waals surface area contributed by atoms with Crippen molar-refractivity contribution in [1.29, 1.82) is 0 Å². The highest BCUT2D eigenvalue weighted by Gasteiger charge is 2.27. The van der Waals surface area contributed by atoms with E-state index in [2.05, 4.69) is 0 Å². The highest BCUT2D eigenvalue weighted by atomic mass is 19.1. The molecule has 0 spiro atoms. The first-order valence-corrected chi connectivity index (χ1v) is 6.55. The minimum atomic E-state index is -0.604. The van der Waals surface area contributed by atoms with Crippen LogP contribution < -0.4 is 4.74 Å². The average molecular weight is 271 g/mol. The van der Waals surface area contributed by atoms with Gasteiger partial charge in [0.15, 0.2) is 0 Å². The zero-order chi connectivity index (χ0) is 14.6. The van der Waals surface area contributed by atoms with E-state index in [9.17, 15) is 8.78 Å². The zero-order valence-electron chi connectivity index (χ0n) is 12.4. The lowest BCUT2D eigenvalue weighted by Gasteiger charge is -2.27. The van der Waals surface area contributed by atoms with Gasteiger partial charge in [-0.15, -0.1) is 0 Å². The first-order valence-electron chi connectivity index (χ1n) is 6.55. The van der Waals surface area contributed by atoms with Gasteiger partial charge in [0.05, 0.1) is 0 Å². The summed E-state index contributed by atoms with van der Waals surface area (Å²) in [4.78, 5) is 1.96. The first kappa shape index (κ1) is 15.9. The highest BCUT2D eigenvalue weighted by Crippen LogP contribution is 2.36. The van der Waals surface area contributed by atoms with Crippen LogP contribution in [0.4, 0.5) is 8.78 Å². The van der Waals surface area contributed by atoms with Gasteiger partial charge in [-0.25, -0.2) is 8.78 Å². The molecule has 1 aromatic rings. The molecular formula is C15H23F2NO. The third-order valence-corrected chi connectivity index (χ3v) is 3.38. The average Bonchev–Trinajstić information content (AvgIpc) is 2.27. The van der Waals surface area contributed by atoms with E-state index in [4.69, 9.17) is 4.74 Å². The van der Waals surface area contributed by atoms with Gasteiger partial charge in [0.25, 0.3) is 0 Å². The Morgan fingerprint density at radius 2 is 1.84 bits per heavy atom. The van der Waals surface area contributed by atoms with Crippen molar-refractivity contribution in [2.24, 2.45) is 0 Å². The van der Waals surface area contributed by atoms with Crippen molar-refractivity contribution < 1.29 is 13.5 Å². The molecule has 19 heavy (non-hydrogen) atoms. The molecule has 0 heterocycles. The van der Waals surface area contributed by atoms with E-state index in [1.165, 1.54) is 6.07 Å². The Balaban J connectivity index is 3.07. The van der Waals surface area contributed by atoms with Gasteiger partial charge < -0.3 is 9.64 Å². The van der Waals surface area contributed by atoms with Crippen LogP contribution in [0, 0.1) is 11.6 Å². The topological polar surface area (TPSA) is 12.5 Å². The summed E-state index contributed by atoms with van der Waals surface area (Å²) in [5.74, 6) is -0.828. The standard InChI is InChI=1S/C15H23F2NO/c1-6-15(2,3)14-12(17)9-11(16)10-13(14)19-8-7-18(4)5/h9-10H,6-8H2,1-5H3. The SMILES string of the molecule is CCC(C)(C)c1c(F)cc(F)cc1OCCN(C)C. The number of halogens is 2. The van der Waals surface area contributed by atoms with Crippen molar-refractivity contribution in [3.05, 3.63) is 29.3 Å². The molecule has 0 amide bonds. The molecule has 1 aromatic carbocycles. The molecule has 0 atom stereocenters. The second-order valence-corrected chi connectivity index (χ2v) is 5.65. The molecule has 0 aliphatic rings. The number of ether oxygens (including phenoxy) is 1. The molecule has 0 aromatic heterocycles. The number of rotatable bonds is 6. The summed E-state index contributed by atoms with van der Waals surface area (Å²) < 4.78 is 33.0. The maximum Gasteiger partial charge on any atom is 0.133 e. The Morgan fingerprint density at radius 1 is 1.21 bits per heavy atom. The molecule has 0 N–H and O–H groups in total. The Kier molecular flexibility index (Phi) is 5.29. The molecule has 0 saturated heterocycles. The third-order valence-electron chi connectivity index (χ3n) is 3.38. The Hall–Kier alpha value is -1.16. The van der Waals surface area contributed by atoms with Crippen molar-refractivity contribution in [1.82, 2.24) is 4.90 Å². The van der Waals surface area contributed by atoms with Crippen molar-refractivity contribution in [3.63, 3.8) is 0 Å². The summed E-state index contributed by atoms with van der Waals surface area (Å²) in [5, 5.41) is 0. The molecular weight excluding hydrogens is 248 g/mol. The zero-order valence-corrected chi connectivity index (χ0v) is 12.4. The normalized spacial score (nSPS) is 12.0. The van der Waals surface area contributed by atoms with Crippen LogP contribution in [0.15, 0.2) is 12.1 Å². The van der Waals surface area contributed by atoms with Crippen LogP contribution in [-0.2, 0) is 5.41 Å². The van der Waals surface area contributed by atoms with Gasteiger partial charge in [-0.2, -0.15) is 0 Å². The predicted molar refractivity (Wildman–Crippen MR) is 73.7 cm³/mol. The van der Waals surface area contributed by atoms with Crippen LogP contribution in [0.1, 0.15) is 32.8 Å². The fourth-order valence-electron chi connectivity index (χ4n) is 1.84. The molecule has 0 aliphatic heterocycles. The van der Waals surface area contributed by atoms with E-state index in [-0.39, 0.29) is 5.41 Å². The van der Waals surface area contributed by atoms with Gasteiger partial charge in [-0.1, -0.05) is 20.8 Å². The summed E-state index contributed by atoms with van der Waals surface area (Å²) in [5.41, 5.74) is 0.0702. The van der Waals surface area contributed by atoms with Gasteiger partial charge in [-0.05, 0) is 25.9 Å². The van der Waals surface area contributed by atoms with Gasteiger partial charge >= 0.3 is 0 Å². The second kappa shape index (κ2) is 6.33. The largest absolute Gasteiger partial charge is 0.492 e. The summed E-state index contributed by atoms with van der Waals surface area (Å²) in [6.45, 7) is 6.95. The van der Waals surface area contributed by atoms with E-state index >= 15 is 0 Å². The van der Waals surface area contributed by atoms with Crippen LogP contribution in [0.5, 0.6) is 5.75 Å². The third kappa shape index (κ3) is 4.16. The Morgan fingerprint density at radius 3 is 2.37 bits per heavy atom.